The van der Waals surface area contributed by atoms with Gasteiger partial charge in [-0.25, -0.2) is 4.79 Å². The third kappa shape index (κ3) is 1.36. The molecule has 2 heterocycles. The zero-order valence-electron chi connectivity index (χ0n) is 8.58. The normalized spacial score (nSPS) is 18.8. The Balaban J connectivity index is 2.63. The van der Waals surface area contributed by atoms with Crippen LogP contribution >= 0.6 is 0 Å². The molecule has 0 unspecified atom stereocenters. The molecule has 1 fully saturated rings. The molecule has 90 valence electrons. The van der Waals surface area contributed by atoms with Gasteiger partial charge in [0.2, 0.25) is 0 Å². The largest absolute Gasteiger partial charge is 0.368 e. The predicted molar refractivity (Wildman–Crippen MR) is 51.7 cm³/mol. The number of aryl methyl sites for hydroxylation is 1. The highest BCUT2D eigenvalue weighted by Crippen LogP contribution is 2.22. The van der Waals surface area contributed by atoms with Gasteiger partial charge in [0.1, 0.15) is 0 Å². The fourth-order valence-electron chi connectivity index (χ4n) is 1.63. The van der Waals surface area contributed by atoms with Gasteiger partial charge in [-0.2, -0.15) is 0 Å². The summed E-state index contributed by atoms with van der Waals surface area (Å²) < 4.78 is 0. The van der Waals surface area contributed by atoms with E-state index in [1.165, 1.54) is 6.92 Å². The Morgan fingerprint density at radius 3 is 1.94 bits per heavy atom. The van der Waals surface area contributed by atoms with Crippen molar-refractivity contribution in [2.24, 2.45) is 0 Å². The molecule has 4 amide bonds. The number of amides is 4. The quantitative estimate of drug-likeness (QED) is 0.346. The highest BCUT2D eigenvalue weighted by atomic mass is 16.3. The van der Waals surface area contributed by atoms with E-state index in [-0.39, 0.29) is 5.69 Å². The highest BCUT2D eigenvalue weighted by molar-refractivity contribution is 6.21. The van der Waals surface area contributed by atoms with Crippen molar-refractivity contribution in [2.45, 2.75) is 12.5 Å². The number of rotatable bonds is 1. The number of imide groups is 2. The maximum Gasteiger partial charge on any atom is 0.328 e. The SMILES string of the molecule is Cc1[nH][nH]c(=O)c1C1(O)C(=O)NC(=O)NC1=O. The van der Waals surface area contributed by atoms with E-state index in [1.807, 2.05) is 0 Å². The van der Waals surface area contributed by atoms with E-state index in [0.717, 1.165) is 0 Å². The molecule has 0 spiro atoms. The molecule has 1 aromatic rings. The molecular formula is C8H8N4O5. The van der Waals surface area contributed by atoms with Gasteiger partial charge in [-0.05, 0) is 6.92 Å². The van der Waals surface area contributed by atoms with Crippen LogP contribution in [0.15, 0.2) is 4.79 Å². The second kappa shape index (κ2) is 3.28. The van der Waals surface area contributed by atoms with E-state index in [0.29, 0.717) is 0 Å². The number of barbiturate groups is 1. The van der Waals surface area contributed by atoms with Crippen molar-refractivity contribution < 1.29 is 19.5 Å². The van der Waals surface area contributed by atoms with Gasteiger partial charge in [-0.3, -0.25) is 30.1 Å². The van der Waals surface area contributed by atoms with Crippen LogP contribution in [0.3, 0.4) is 0 Å². The van der Waals surface area contributed by atoms with Crippen LogP contribution in [0.5, 0.6) is 0 Å². The molecule has 9 nitrogen and oxygen atoms in total. The molecule has 0 bridgehead atoms. The first-order chi connectivity index (χ1) is 7.87. The summed E-state index contributed by atoms with van der Waals surface area (Å²) in [6.07, 6.45) is 0. The zero-order valence-corrected chi connectivity index (χ0v) is 8.58. The van der Waals surface area contributed by atoms with Crippen LogP contribution in [0.25, 0.3) is 0 Å². The van der Waals surface area contributed by atoms with Crippen LogP contribution in [-0.2, 0) is 15.2 Å². The topological polar surface area (TPSA) is 144 Å². The molecule has 0 radical (unpaired) electrons. The first-order valence-electron chi connectivity index (χ1n) is 4.54. The molecule has 0 aromatic carbocycles. The molecule has 1 aliphatic heterocycles. The summed E-state index contributed by atoms with van der Waals surface area (Å²) in [7, 11) is 0. The number of nitrogens with one attached hydrogen (secondary N) is 4. The standard InChI is InChI=1S/C8H8N4O5/c1-2-3(4(13)12-11-2)8(17)5(14)9-7(16)10-6(8)15/h17H,1H3,(H2,11,12,13)(H2,9,10,14,15,16). The minimum absolute atomic E-state index is 0.122. The van der Waals surface area contributed by atoms with Gasteiger partial charge in [0.25, 0.3) is 23.0 Å². The Morgan fingerprint density at radius 2 is 1.53 bits per heavy atom. The molecule has 5 N–H and O–H groups in total. The number of H-pyrrole nitrogens is 2. The number of hydrogen-bond donors (Lipinski definition) is 5. The van der Waals surface area contributed by atoms with Crippen LogP contribution in [0.2, 0.25) is 0 Å². The molecule has 0 aliphatic carbocycles. The van der Waals surface area contributed by atoms with Crippen molar-refractivity contribution in [2.75, 3.05) is 0 Å². The fraction of sp³-hybridized carbons (Fsp3) is 0.250. The highest BCUT2D eigenvalue weighted by Gasteiger charge is 2.53. The van der Waals surface area contributed by atoms with Crippen LogP contribution in [0.1, 0.15) is 11.3 Å². The molecule has 1 aromatic heterocycles. The molecule has 17 heavy (non-hydrogen) atoms. The summed E-state index contributed by atoms with van der Waals surface area (Å²) in [5.74, 6) is -2.53. The summed E-state index contributed by atoms with van der Waals surface area (Å²) in [4.78, 5) is 45.3. The van der Waals surface area contributed by atoms with Gasteiger partial charge in [0.15, 0.2) is 0 Å². The van der Waals surface area contributed by atoms with Gasteiger partial charge in [-0.15, -0.1) is 0 Å². The van der Waals surface area contributed by atoms with E-state index in [9.17, 15) is 24.3 Å². The van der Waals surface area contributed by atoms with Crippen molar-refractivity contribution in [1.29, 1.82) is 0 Å². The number of carbonyl (C=O) groups is 3. The third-order valence-electron chi connectivity index (χ3n) is 2.44. The van der Waals surface area contributed by atoms with Crippen molar-refractivity contribution in [1.82, 2.24) is 20.8 Å². The van der Waals surface area contributed by atoms with Gasteiger partial charge in [-0.1, -0.05) is 0 Å². The average Bonchev–Trinajstić information content (AvgIpc) is 2.55. The van der Waals surface area contributed by atoms with Gasteiger partial charge >= 0.3 is 6.03 Å². The van der Waals surface area contributed by atoms with Crippen LogP contribution in [0, 0.1) is 6.92 Å². The fourth-order valence-corrected chi connectivity index (χ4v) is 1.63. The number of urea groups is 1. The lowest BCUT2D eigenvalue weighted by atomic mass is 9.91. The molecule has 0 saturated carbocycles. The molecule has 1 aliphatic rings. The van der Waals surface area contributed by atoms with Gasteiger partial charge in [0.05, 0.1) is 5.56 Å². The maximum absolute atomic E-state index is 11.5. The smallest absolute Gasteiger partial charge is 0.328 e. The Morgan fingerprint density at radius 1 is 1.00 bits per heavy atom. The maximum atomic E-state index is 11.5. The molecular weight excluding hydrogens is 232 g/mol. The van der Waals surface area contributed by atoms with Gasteiger partial charge < -0.3 is 10.2 Å². The minimum Gasteiger partial charge on any atom is -0.368 e. The second-order valence-electron chi connectivity index (χ2n) is 3.53. The Kier molecular flexibility index (Phi) is 2.14. The summed E-state index contributed by atoms with van der Waals surface area (Å²) in [6, 6.07) is -1.05. The van der Waals surface area contributed by atoms with Crippen molar-refractivity contribution in [3.8, 4) is 0 Å². The Bertz CT molecular complexity index is 563. The Labute approximate surface area is 93.2 Å². The zero-order chi connectivity index (χ0) is 12.8. The first kappa shape index (κ1) is 11.1. The lowest BCUT2D eigenvalue weighted by molar-refractivity contribution is -0.155. The van der Waals surface area contributed by atoms with E-state index in [2.05, 4.69) is 10.2 Å². The molecule has 9 heteroatoms. The summed E-state index contributed by atoms with van der Waals surface area (Å²) in [5.41, 5.74) is -3.85. The van der Waals surface area contributed by atoms with E-state index >= 15 is 0 Å². The molecule has 0 atom stereocenters. The van der Waals surface area contributed by atoms with Crippen LogP contribution in [-0.4, -0.2) is 33.1 Å². The number of aromatic amines is 2. The second-order valence-corrected chi connectivity index (χ2v) is 3.53. The summed E-state index contributed by atoms with van der Waals surface area (Å²) >= 11 is 0. The lowest BCUT2D eigenvalue weighted by Gasteiger charge is -2.27. The summed E-state index contributed by atoms with van der Waals surface area (Å²) in [6.45, 7) is 1.39. The van der Waals surface area contributed by atoms with Gasteiger partial charge in [0, 0.05) is 5.69 Å². The lowest BCUT2D eigenvalue weighted by Crippen LogP contribution is -2.65. The molecule has 2 rings (SSSR count). The van der Waals surface area contributed by atoms with Crippen molar-refractivity contribution >= 4 is 17.8 Å². The van der Waals surface area contributed by atoms with E-state index in [4.69, 9.17) is 0 Å². The minimum atomic E-state index is -2.72. The number of aromatic nitrogens is 2. The van der Waals surface area contributed by atoms with E-state index < -0.39 is 34.6 Å². The van der Waals surface area contributed by atoms with E-state index in [1.54, 1.807) is 10.6 Å². The van der Waals surface area contributed by atoms with Crippen LogP contribution in [0.4, 0.5) is 4.79 Å². The monoisotopic (exact) mass is 240 g/mol. The Hall–Kier alpha value is -2.42. The van der Waals surface area contributed by atoms with Crippen LogP contribution < -0.4 is 16.2 Å². The third-order valence-corrected chi connectivity index (χ3v) is 2.44. The number of carbonyl (C=O) groups excluding carboxylic acids is 3. The first-order valence-corrected chi connectivity index (χ1v) is 4.54. The van der Waals surface area contributed by atoms with Crippen molar-refractivity contribution in [3.63, 3.8) is 0 Å². The summed E-state index contributed by atoms with van der Waals surface area (Å²) in [5, 5.41) is 18.0. The number of aliphatic hydroxyl groups is 1. The van der Waals surface area contributed by atoms with Crippen molar-refractivity contribution in [3.05, 3.63) is 21.6 Å². The number of hydrogen-bond acceptors (Lipinski definition) is 5. The average molecular weight is 240 g/mol. The molecule has 1 saturated heterocycles. The predicted octanol–water partition coefficient (Wildman–Crippen LogP) is -2.43.